The maximum Gasteiger partial charge on any atom is 0.124 e. The van der Waals surface area contributed by atoms with Gasteiger partial charge < -0.3 is 9.84 Å². The first kappa shape index (κ1) is 14.0. The molecular weight excluding hydrogens is 256 g/mol. The fraction of sp³-hybridized carbons (Fsp3) is 0.250. The average molecular weight is 274 g/mol. The highest BCUT2D eigenvalue weighted by Gasteiger charge is 2.12. The standard InChI is InChI=1S/C16H18O2S/c1-12-6-5-7-13(10-12)19-11-15(17)14-8-3-4-9-16(14)18-2/h3-10,15,17H,11H2,1-2H3. The van der Waals surface area contributed by atoms with Gasteiger partial charge in [0.15, 0.2) is 0 Å². The van der Waals surface area contributed by atoms with Crippen molar-refractivity contribution in [3.05, 3.63) is 59.7 Å². The minimum Gasteiger partial charge on any atom is -0.496 e. The van der Waals surface area contributed by atoms with E-state index in [0.29, 0.717) is 5.75 Å². The quantitative estimate of drug-likeness (QED) is 0.840. The fourth-order valence-corrected chi connectivity index (χ4v) is 2.89. The summed E-state index contributed by atoms with van der Waals surface area (Å²) in [7, 11) is 1.62. The number of benzene rings is 2. The molecule has 2 aromatic carbocycles. The van der Waals surface area contributed by atoms with Gasteiger partial charge in [-0.15, -0.1) is 11.8 Å². The van der Waals surface area contributed by atoms with Crippen LogP contribution in [0.25, 0.3) is 0 Å². The topological polar surface area (TPSA) is 29.5 Å². The first-order valence-electron chi connectivity index (χ1n) is 6.21. The zero-order chi connectivity index (χ0) is 13.7. The number of aliphatic hydroxyl groups excluding tert-OH is 1. The molecule has 0 heterocycles. The summed E-state index contributed by atoms with van der Waals surface area (Å²) in [5, 5.41) is 10.3. The SMILES string of the molecule is COc1ccccc1C(O)CSc1cccc(C)c1. The van der Waals surface area contributed by atoms with Crippen LogP contribution in [0.2, 0.25) is 0 Å². The molecule has 0 radical (unpaired) electrons. The lowest BCUT2D eigenvalue weighted by molar-refractivity contribution is 0.199. The molecule has 2 rings (SSSR count). The molecule has 0 aliphatic rings. The summed E-state index contributed by atoms with van der Waals surface area (Å²) >= 11 is 1.65. The van der Waals surface area contributed by atoms with Crippen molar-refractivity contribution < 1.29 is 9.84 Å². The summed E-state index contributed by atoms with van der Waals surface area (Å²) in [4.78, 5) is 1.17. The molecule has 0 saturated carbocycles. The van der Waals surface area contributed by atoms with E-state index in [1.54, 1.807) is 18.9 Å². The van der Waals surface area contributed by atoms with Crippen LogP contribution in [0, 0.1) is 6.92 Å². The van der Waals surface area contributed by atoms with Gasteiger partial charge in [0.2, 0.25) is 0 Å². The van der Waals surface area contributed by atoms with Gasteiger partial charge in [0, 0.05) is 16.2 Å². The van der Waals surface area contributed by atoms with E-state index in [2.05, 4.69) is 25.1 Å². The van der Waals surface area contributed by atoms with Crippen LogP contribution in [0.15, 0.2) is 53.4 Å². The third-order valence-electron chi connectivity index (χ3n) is 2.90. The van der Waals surface area contributed by atoms with E-state index in [1.807, 2.05) is 30.3 Å². The van der Waals surface area contributed by atoms with E-state index in [0.717, 1.165) is 11.3 Å². The van der Waals surface area contributed by atoms with E-state index < -0.39 is 6.10 Å². The second-order valence-corrected chi connectivity index (χ2v) is 5.48. The average Bonchev–Trinajstić information content (AvgIpc) is 2.45. The van der Waals surface area contributed by atoms with E-state index in [1.165, 1.54) is 10.5 Å². The summed E-state index contributed by atoms with van der Waals surface area (Å²) in [6, 6.07) is 15.9. The van der Waals surface area contributed by atoms with Gasteiger partial charge in [0.25, 0.3) is 0 Å². The van der Waals surface area contributed by atoms with Crippen molar-refractivity contribution in [3.63, 3.8) is 0 Å². The van der Waals surface area contributed by atoms with Crippen LogP contribution in [0.4, 0.5) is 0 Å². The molecule has 0 saturated heterocycles. The molecule has 1 atom stereocenters. The molecule has 19 heavy (non-hydrogen) atoms. The van der Waals surface area contributed by atoms with Gasteiger partial charge in [-0.1, -0.05) is 35.9 Å². The van der Waals surface area contributed by atoms with Crippen molar-refractivity contribution >= 4 is 11.8 Å². The third-order valence-corrected chi connectivity index (χ3v) is 3.97. The minimum absolute atomic E-state index is 0.526. The Bertz CT molecular complexity index is 540. The number of thioether (sulfide) groups is 1. The monoisotopic (exact) mass is 274 g/mol. The van der Waals surface area contributed by atoms with Crippen LogP contribution in [-0.2, 0) is 0 Å². The molecule has 0 aliphatic heterocycles. The van der Waals surface area contributed by atoms with Crippen LogP contribution >= 0.6 is 11.8 Å². The molecule has 100 valence electrons. The lowest BCUT2D eigenvalue weighted by Gasteiger charge is -2.14. The summed E-state index contributed by atoms with van der Waals surface area (Å²) in [5.41, 5.74) is 2.07. The number of hydrogen-bond donors (Lipinski definition) is 1. The van der Waals surface area contributed by atoms with Gasteiger partial charge in [-0.2, -0.15) is 0 Å². The van der Waals surface area contributed by atoms with Crippen LogP contribution in [0.3, 0.4) is 0 Å². The maximum absolute atomic E-state index is 10.3. The number of aliphatic hydroxyl groups is 1. The Kier molecular flexibility index (Phi) is 4.88. The lowest BCUT2D eigenvalue weighted by Crippen LogP contribution is -2.03. The van der Waals surface area contributed by atoms with Crippen molar-refractivity contribution in [3.8, 4) is 5.75 Å². The van der Waals surface area contributed by atoms with Crippen LogP contribution < -0.4 is 4.74 Å². The maximum atomic E-state index is 10.3. The molecule has 2 aromatic rings. The van der Waals surface area contributed by atoms with E-state index in [-0.39, 0.29) is 0 Å². The van der Waals surface area contributed by atoms with Crippen molar-refractivity contribution in [1.29, 1.82) is 0 Å². The van der Waals surface area contributed by atoms with Crippen molar-refractivity contribution in [1.82, 2.24) is 0 Å². The number of para-hydroxylation sites is 1. The second kappa shape index (κ2) is 6.64. The molecule has 0 aliphatic carbocycles. The first-order chi connectivity index (χ1) is 9.20. The highest BCUT2D eigenvalue weighted by atomic mass is 32.2. The second-order valence-electron chi connectivity index (χ2n) is 4.39. The molecule has 0 amide bonds. The summed E-state index contributed by atoms with van der Waals surface area (Å²) in [6.07, 6.45) is -0.526. The Morgan fingerprint density at radius 3 is 2.68 bits per heavy atom. The smallest absolute Gasteiger partial charge is 0.124 e. The zero-order valence-electron chi connectivity index (χ0n) is 11.2. The molecular formula is C16H18O2S. The highest BCUT2D eigenvalue weighted by Crippen LogP contribution is 2.30. The molecule has 1 N–H and O–H groups in total. The fourth-order valence-electron chi connectivity index (χ4n) is 1.91. The number of rotatable bonds is 5. The van der Waals surface area contributed by atoms with E-state index in [9.17, 15) is 5.11 Å². The van der Waals surface area contributed by atoms with Crippen LogP contribution in [0.5, 0.6) is 5.75 Å². The summed E-state index contributed by atoms with van der Waals surface area (Å²) in [6.45, 7) is 2.07. The van der Waals surface area contributed by atoms with Crippen LogP contribution in [0.1, 0.15) is 17.2 Å². The van der Waals surface area contributed by atoms with Gasteiger partial charge >= 0.3 is 0 Å². The lowest BCUT2D eigenvalue weighted by atomic mass is 10.1. The van der Waals surface area contributed by atoms with Gasteiger partial charge in [0.05, 0.1) is 13.2 Å². The Hall–Kier alpha value is -1.45. The van der Waals surface area contributed by atoms with Crippen molar-refractivity contribution in [2.24, 2.45) is 0 Å². The normalized spacial score (nSPS) is 12.2. The zero-order valence-corrected chi connectivity index (χ0v) is 12.0. The van der Waals surface area contributed by atoms with Gasteiger partial charge in [-0.05, 0) is 25.1 Å². The Morgan fingerprint density at radius 2 is 1.95 bits per heavy atom. The van der Waals surface area contributed by atoms with Gasteiger partial charge in [-0.25, -0.2) is 0 Å². The predicted molar refractivity (Wildman–Crippen MR) is 79.9 cm³/mol. The third kappa shape index (κ3) is 3.75. The Labute approximate surface area is 118 Å². The largest absolute Gasteiger partial charge is 0.496 e. The van der Waals surface area contributed by atoms with Crippen LogP contribution in [-0.4, -0.2) is 18.0 Å². The van der Waals surface area contributed by atoms with Crippen molar-refractivity contribution in [2.45, 2.75) is 17.9 Å². The Balaban J connectivity index is 2.03. The predicted octanol–water partition coefficient (Wildman–Crippen LogP) is 3.83. The number of hydrogen-bond acceptors (Lipinski definition) is 3. The highest BCUT2D eigenvalue weighted by molar-refractivity contribution is 7.99. The number of methoxy groups -OCH3 is 1. The molecule has 0 aromatic heterocycles. The first-order valence-corrected chi connectivity index (χ1v) is 7.19. The minimum atomic E-state index is -0.526. The molecule has 0 spiro atoms. The molecule has 3 heteroatoms. The summed E-state index contributed by atoms with van der Waals surface area (Å²) in [5.74, 6) is 1.35. The summed E-state index contributed by atoms with van der Waals surface area (Å²) < 4.78 is 5.27. The molecule has 0 fully saturated rings. The van der Waals surface area contributed by atoms with E-state index >= 15 is 0 Å². The van der Waals surface area contributed by atoms with Gasteiger partial charge in [-0.3, -0.25) is 0 Å². The van der Waals surface area contributed by atoms with Gasteiger partial charge in [0.1, 0.15) is 5.75 Å². The Morgan fingerprint density at radius 1 is 1.16 bits per heavy atom. The molecule has 1 unspecified atom stereocenters. The van der Waals surface area contributed by atoms with E-state index in [4.69, 9.17) is 4.74 Å². The van der Waals surface area contributed by atoms with Crippen molar-refractivity contribution in [2.75, 3.05) is 12.9 Å². The molecule has 0 bridgehead atoms. The molecule has 2 nitrogen and oxygen atoms in total. The number of aryl methyl sites for hydroxylation is 1. The number of ether oxygens (including phenoxy) is 1.